The molecule has 0 radical (unpaired) electrons. The van der Waals surface area contributed by atoms with Gasteiger partial charge in [0, 0.05) is 16.3 Å². The van der Waals surface area contributed by atoms with Gasteiger partial charge >= 0.3 is 0 Å². The highest BCUT2D eigenvalue weighted by Crippen LogP contribution is 2.41. The summed E-state index contributed by atoms with van der Waals surface area (Å²) in [6, 6.07) is 71.5. The normalized spacial score (nSPS) is 11.6. The van der Waals surface area contributed by atoms with Gasteiger partial charge in [-0.1, -0.05) is 164 Å². The van der Waals surface area contributed by atoms with Crippen molar-refractivity contribution in [2.75, 3.05) is 0 Å². The van der Waals surface area contributed by atoms with Crippen molar-refractivity contribution in [2.24, 2.45) is 0 Å². The lowest BCUT2D eigenvalue weighted by atomic mass is 9.92. The van der Waals surface area contributed by atoms with Crippen LogP contribution < -0.4 is 0 Å². The summed E-state index contributed by atoms with van der Waals surface area (Å²) >= 11 is 0. The quantitative estimate of drug-likeness (QED) is 0.179. The van der Waals surface area contributed by atoms with E-state index in [0.29, 0.717) is 0 Å². The van der Waals surface area contributed by atoms with Gasteiger partial charge in [0.15, 0.2) is 5.82 Å². The molecule has 0 unspecified atom stereocenters. The molecule has 256 valence electrons. The van der Waals surface area contributed by atoms with E-state index < -0.39 is 0 Å². The van der Waals surface area contributed by atoms with Gasteiger partial charge in [0.05, 0.1) is 22.1 Å². The molecular formula is C52H33N3. The molecule has 0 aliphatic carbocycles. The lowest BCUT2D eigenvalue weighted by Gasteiger charge is -2.17. The number of hydrogen-bond acceptors (Lipinski definition) is 2. The molecule has 0 aliphatic rings. The van der Waals surface area contributed by atoms with Crippen LogP contribution in [0.25, 0.3) is 105 Å². The molecule has 2 aromatic heterocycles. The third-order valence-corrected chi connectivity index (χ3v) is 10.9. The predicted octanol–water partition coefficient (Wildman–Crippen LogP) is 13.7. The van der Waals surface area contributed by atoms with Gasteiger partial charge in [0.2, 0.25) is 0 Å². The van der Waals surface area contributed by atoms with Gasteiger partial charge < -0.3 is 0 Å². The fraction of sp³-hybridized carbons (Fsp3) is 0. The largest absolute Gasteiger partial charge is 0.292 e. The van der Waals surface area contributed by atoms with E-state index in [4.69, 9.17) is 9.97 Å². The smallest absolute Gasteiger partial charge is 0.165 e. The average molecular weight is 700 g/mol. The van der Waals surface area contributed by atoms with Crippen LogP contribution in [0.5, 0.6) is 0 Å². The SMILES string of the molecule is c1ccc(-c2ccc(-c3cc4nc(-c5ccc6ccccc6c5)c(-n5c6ccccc6c6cc7ccccc7cc65)nc4cc3-c3ccccc3)cc2)cc1. The minimum Gasteiger partial charge on any atom is -0.292 e. The molecule has 0 fully saturated rings. The molecule has 0 spiro atoms. The highest BCUT2D eigenvalue weighted by atomic mass is 15.1. The van der Waals surface area contributed by atoms with Crippen molar-refractivity contribution < 1.29 is 0 Å². The highest BCUT2D eigenvalue weighted by Gasteiger charge is 2.21. The molecule has 3 heteroatoms. The number of aromatic nitrogens is 3. The van der Waals surface area contributed by atoms with Crippen molar-refractivity contribution >= 4 is 54.4 Å². The first-order valence-electron chi connectivity index (χ1n) is 18.7. The van der Waals surface area contributed by atoms with Crippen LogP contribution in [0.3, 0.4) is 0 Å². The Hall–Kier alpha value is -7.36. The van der Waals surface area contributed by atoms with Gasteiger partial charge in [0.1, 0.15) is 5.69 Å². The highest BCUT2D eigenvalue weighted by molar-refractivity contribution is 6.14. The first-order valence-corrected chi connectivity index (χ1v) is 18.7. The van der Waals surface area contributed by atoms with E-state index in [1.165, 1.54) is 43.4 Å². The van der Waals surface area contributed by atoms with E-state index in [0.717, 1.165) is 61.4 Å². The third kappa shape index (κ3) is 5.28. The summed E-state index contributed by atoms with van der Waals surface area (Å²) in [4.78, 5) is 11.2. The molecule has 0 aliphatic heterocycles. The zero-order valence-corrected chi connectivity index (χ0v) is 29.9. The topological polar surface area (TPSA) is 30.7 Å². The minimum atomic E-state index is 0.809. The van der Waals surface area contributed by atoms with Crippen LogP contribution >= 0.6 is 0 Å². The lowest BCUT2D eigenvalue weighted by molar-refractivity contribution is 1.08. The first-order chi connectivity index (χ1) is 27.2. The molecule has 0 amide bonds. The molecule has 0 saturated carbocycles. The Bertz CT molecular complexity index is 3230. The molecule has 0 bridgehead atoms. The maximum absolute atomic E-state index is 5.63. The molecule has 11 rings (SSSR count). The van der Waals surface area contributed by atoms with Gasteiger partial charge in [-0.25, -0.2) is 9.97 Å². The van der Waals surface area contributed by atoms with Crippen LogP contribution in [-0.2, 0) is 0 Å². The summed E-state index contributed by atoms with van der Waals surface area (Å²) in [7, 11) is 0. The van der Waals surface area contributed by atoms with Gasteiger partial charge in [-0.05, 0) is 91.3 Å². The summed E-state index contributed by atoms with van der Waals surface area (Å²) in [6.45, 7) is 0. The van der Waals surface area contributed by atoms with Crippen LogP contribution in [0.15, 0.2) is 200 Å². The average Bonchev–Trinajstić information content (AvgIpc) is 3.58. The first kappa shape index (κ1) is 31.2. The second-order valence-corrected chi connectivity index (χ2v) is 14.2. The van der Waals surface area contributed by atoms with Gasteiger partial charge in [0.25, 0.3) is 0 Å². The summed E-state index contributed by atoms with van der Waals surface area (Å²) in [5.74, 6) is 0.809. The van der Waals surface area contributed by atoms with E-state index in [2.05, 4.69) is 205 Å². The van der Waals surface area contributed by atoms with Crippen LogP contribution in [0, 0.1) is 0 Å². The monoisotopic (exact) mass is 699 g/mol. The Morgan fingerprint density at radius 3 is 1.55 bits per heavy atom. The van der Waals surface area contributed by atoms with E-state index in [1.54, 1.807) is 0 Å². The Balaban J connectivity index is 1.21. The maximum atomic E-state index is 5.63. The fourth-order valence-corrected chi connectivity index (χ4v) is 8.23. The summed E-state index contributed by atoms with van der Waals surface area (Å²) in [5.41, 5.74) is 12.7. The van der Waals surface area contributed by atoms with Crippen LogP contribution in [0.2, 0.25) is 0 Å². The summed E-state index contributed by atoms with van der Waals surface area (Å²) < 4.78 is 2.33. The van der Waals surface area contributed by atoms with E-state index in [-0.39, 0.29) is 0 Å². The Kier molecular flexibility index (Phi) is 7.17. The molecule has 3 nitrogen and oxygen atoms in total. The fourth-order valence-electron chi connectivity index (χ4n) is 8.23. The predicted molar refractivity (Wildman–Crippen MR) is 231 cm³/mol. The molecule has 0 saturated heterocycles. The Morgan fingerprint density at radius 2 is 0.818 bits per heavy atom. The molecule has 9 aromatic carbocycles. The third-order valence-electron chi connectivity index (χ3n) is 10.9. The minimum absolute atomic E-state index is 0.809. The van der Waals surface area contributed by atoms with Crippen molar-refractivity contribution in [3.63, 3.8) is 0 Å². The number of benzene rings is 9. The summed E-state index contributed by atoms with van der Waals surface area (Å²) in [5, 5.41) is 7.15. The number of hydrogen-bond donors (Lipinski definition) is 0. The van der Waals surface area contributed by atoms with Crippen LogP contribution in [0.4, 0.5) is 0 Å². The second kappa shape index (κ2) is 12.6. The van der Waals surface area contributed by atoms with Gasteiger partial charge in [-0.3, -0.25) is 4.57 Å². The van der Waals surface area contributed by atoms with Crippen molar-refractivity contribution in [3.05, 3.63) is 200 Å². The molecule has 2 heterocycles. The zero-order chi connectivity index (χ0) is 36.3. The standard InChI is InChI=1S/C52H33N3/c1-3-13-34(14-4-1)36-23-26-38(27-24-36)45-32-47-48(33-44(45)37-16-5-2-6-17-37)54-52(51(53-47)42-28-25-35-15-7-8-18-39(35)29-42)55-49-22-12-11-21-43(49)46-30-40-19-9-10-20-41(40)31-50(46)55/h1-33H. The van der Waals surface area contributed by atoms with Gasteiger partial charge in [-0.15, -0.1) is 0 Å². The molecule has 0 N–H and O–H groups in total. The van der Waals surface area contributed by atoms with E-state index in [9.17, 15) is 0 Å². The second-order valence-electron chi connectivity index (χ2n) is 14.2. The van der Waals surface area contributed by atoms with Crippen molar-refractivity contribution in [1.29, 1.82) is 0 Å². The summed E-state index contributed by atoms with van der Waals surface area (Å²) in [6.07, 6.45) is 0. The molecule has 0 atom stereocenters. The number of rotatable bonds is 5. The molecule has 11 aromatic rings. The molecular weight excluding hydrogens is 667 g/mol. The maximum Gasteiger partial charge on any atom is 0.165 e. The Morgan fingerprint density at radius 1 is 0.309 bits per heavy atom. The van der Waals surface area contributed by atoms with E-state index >= 15 is 0 Å². The lowest BCUT2D eigenvalue weighted by Crippen LogP contribution is -2.04. The van der Waals surface area contributed by atoms with Crippen molar-refractivity contribution in [2.45, 2.75) is 0 Å². The number of nitrogens with zero attached hydrogens (tertiary/aromatic N) is 3. The van der Waals surface area contributed by atoms with Crippen LogP contribution in [-0.4, -0.2) is 14.5 Å². The van der Waals surface area contributed by atoms with Crippen LogP contribution in [0.1, 0.15) is 0 Å². The zero-order valence-electron chi connectivity index (χ0n) is 29.9. The number of para-hydroxylation sites is 1. The number of fused-ring (bicyclic) bond motifs is 6. The van der Waals surface area contributed by atoms with Crippen molar-refractivity contribution in [3.8, 4) is 50.5 Å². The van der Waals surface area contributed by atoms with Gasteiger partial charge in [-0.2, -0.15) is 0 Å². The Labute approximate surface area is 318 Å². The van der Waals surface area contributed by atoms with E-state index in [1.807, 2.05) is 0 Å². The molecule has 55 heavy (non-hydrogen) atoms. The van der Waals surface area contributed by atoms with Crippen molar-refractivity contribution in [1.82, 2.24) is 14.5 Å².